The van der Waals surface area contributed by atoms with Crippen LogP contribution in [0, 0.1) is 5.92 Å². The van der Waals surface area contributed by atoms with Crippen LogP contribution in [0.3, 0.4) is 0 Å². The molecule has 2 aromatic rings. The molecule has 136 valence electrons. The number of furan rings is 1. The third kappa shape index (κ3) is 4.32. The minimum Gasteiger partial charge on any atom is -0.459 e. The first-order valence-electron chi connectivity index (χ1n) is 8.20. The summed E-state index contributed by atoms with van der Waals surface area (Å²) in [5, 5.41) is 5.41. The summed E-state index contributed by atoms with van der Waals surface area (Å²) >= 11 is 3.38. The monoisotopic (exact) mass is 419 g/mol. The summed E-state index contributed by atoms with van der Waals surface area (Å²) in [6, 6.07) is 10.6. The van der Waals surface area contributed by atoms with E-state index in [9.17, 15) is 14.4 Å². The Bertz CT molecular complexity index is 807. The van der Waals surface area contributed by atoms with Gasteiger partial charge in [-0.2, -0.15) is 0 Å². The van der Waals surface area contributed by atoms with Gasteiger partial charge in [-0.3, -0.25) is 14.4 Å². The maximum absolute atomic E-state index is 12.3. The van der Waals surface area contributed by atoms with E-state index in [0.29, 0.717) is 6.54 Å². The Hall–Kier alpha value is -2.61. The van der Waals surface area contributed by atoms with Gasteiger partial charge in [0.2, 0.25) is 11.8 Å². The van der Waals surface area contributed by atoms with Crippen molar-refractivity contribution >= 4 is 39.3 Å². The zero-order valence-electron chi connectivity index (χ0n) is 13.9. The van der Waals surface area contributed by atoms with Gasteiger partial charge in [0.1, 0.15) is 0 Å². The molecule has 3 rings (SSSR count). The topological polar surface area (TPSA) is 91.7 Å². The number of carbonyl (C=O) groups excluding carboxylic acids is 3. The lowest BCUT2D eigenvalue weighted by molar-refractivity contribution is -0.126. The molecule has 1 aliphatic heterocycles. The first-order valence-corrected chi connectivity index (χ1v) is 8.99. The van der Waals surface area contributed by atoms with Crippen LogP contribution in [0.2, 0.25) is 0 Å². The molecule has 1 aromatic carbocycles. The second-order valence-electron chi connectivity index (χ2n) is 5.91. The number of halogens is 1. The Morgan fingerprint density at radius 3 is 2.73 bits per heavy atom. The molecule has 1 saturated heterocycles. The summed E-state index contributed by atoms with van der Waals surface area (Å²) in [6.45, 7) is 0.911. The third-order valence-corrected chi connectivity index (χ3v) is 4.56. The molecule has 1 atom stereocenters. The molecule has 0 unspecified atom stereocenters. The van der Waals surface area contributed by atoms with Gasteiger partial charge in [-0.05, 0) is 30.3 Å². The van der Waals surface area contributed by atoms with Crippen LogP contribution in [0.25, 0.3) is 0 Å². The van der Waals surface area contributed by atoms with E-state index in [1.165, 1.54) is 6.26 Å². The SMILES string of the molecule is O=C(NCCNC(=O)[C@@H]1CC(=O)N(c2cccc(Br)c2)C1)c1ccco1. The van der Waals surface area contributed by atoms with E-state index in [1.807, 2.05) is 24.3 Å². The Balaban J connectivity index is 1.45. The van der Waals surface area contributed by atoms with Crippen molar-refractivity contribution in [2.45, 2.75) is 6.42 Å². The van der Waals surface area contributed by atoms with Crippen molar-refractivity contribution in [2.75, 3.05) is 24.5 Å². The van der Waals surface area contributed by atoms with Crippen molar-refractivity contribution in [1.82, 2.24) is 10.6 Å². The third-order valence-electron chi connectivity index (χ3n) is 4.07. The van der Waals surface area contributed by atoms with E-state index in [1.54, 1.807) is 17.0 Å². The number of benzene rings is 1. The normalized spacial score (nSPS) is 16.6. The van der Waals surface area contributed by atoms with Crippen LogP contribution in [-0.2, 0) is 9.59 Å². The number of amides is 3. The van der Waals surface area contributed by atoms with Crippen molar-refractivity contribution in [3.63, 3.8) is 0 Å². The first-order chi connectivity index (χ1) is 12.5. The molecule has 1 aromatic heterocycles. The molecule has 26 heavy (non-hydrogen) atoms. The second-order valence-corrected chi connectivity index (χ2v) is 6.83. The van der Waals surface area contributed by atoms with Gasteiger partial charge >= 0.3 is 0 Å². The molecule has 1 aliphatic rings. The number of carbonyl (C=O) groups is 3. The molecule has 1 fully saturated rings. The molecular formula is C18H18BrN3O4. The highest BCUT2D eigenvalue weighted by molar-refractivity contribution is 9.10. The van der Waals surface area contributed by atoms with Crippen molar-refractivity contribution in [3.8, 4) is 0 Å². The van der Waals surface area contributed by atoms with Gasteiger partial charge in [-0.25, -0.2) is 0 Å². The second kappa shape index (κ2) is 8.18. The number of hydrogen-bond donors (Lipinski definition) is 2. The largest absolute Gasteiger partial charge is 0.459 e. The Kier molecular flexibility index (Phi) is 5.72. The van der Waals surface area contributed by atoms with E-state index < -0.39 is 5.92 Å². The summed E-state index contributed by atoms with van der Waals surface area (Å²) in [7, 11) is 0. The van der Waals surface area contributed by atoms with E-state index in [4.69, 9.17) is 4.42 Å². The molecule has 2 heterocycles. The number of hydrogen-bond acceptors (Lipinski definition) is 4. The summed E-state index contributed by atoms with van der Waals surface area (Å²) in [5.41, 5.74) is 0.769. The fraction of sp³-hybridized carbons (Fsp3) is 0.278. The lowest BCUT2D eigenvalue weighted by Gasteiger charge is -2.17. The van der Waals surface area contributed by atoms with Crippen LogP contribution in [-0.4, -0.2) is 37.4 Å². The molecule has 2 N–H and O–H groups in total. The van der Waals surface area contributed by atoms with E-state index in [-0.39, 0.29) is 43.0 Å². The van der Waals surface area contributed by atoms with Gasteiger partial charge in [0.25, 0.3) is 5.91 Å². The highest BCUT2D eigenvalue weighted by Crippen LogP contribution is 2.27. The lowest BCUT2D eigenvalue weighted by atomic mass is 10.1. The molecule has 0 spiro atoms. The molecule has 0 aliphatic carbocycles. The fourth-order valence-corrected chi connectivity index (χ4v) is 3.16. The predicted molar refractivity (Wildman–Crippen MR) is 98.7 cm³/mol. The quantitative estimate of drug-likeness (QED) is 0.699. The highest BCUT2D eigenvalue weighted by atomic mass is 79.9. The maximum Gasteiger partial charge on any atom is 0.287 e. The summed E-state index contributed by atoms with van der Waals surface area (Å²) in [5.74, 6) is -0.775. The summed E-state index contributed by atoms with van der Waals surface area (Å²) < 4.78 is 5.86. The Morgan fingerprint density at radius 2 is 2.00 bits per heavy atom. The van der Waals surface area contributed by atoms with Crippen LogP contribution >= 0.6 is 15.9 Å². The van der Waals surface area contributed by atoms with Gasteiger partial charge in [0, 0.05) is 36.2 Å². The lowest BCUT2D eigenvalue weighted by Crippen LogP contribution is -2.38. The molecule has 3 amide bonds. The van der Waals surface area contributed by atoms with Gasteiger partial charge in [0.05, 0.1) is 12.2 Å². The van der Waals surface area contributed by atoms with Crippen molar-refractivity contribution in [1.29, 1.82) is 0 Å². The zero-order chi connectivity index (χ0) is 18.5. The average molecular weight is 420 g/mol. The molecular weight excluding hydrogens is 402 g/mol. The van der Waals surface area contributed by atoms with Gasteiger partial charge in [-0.1, -0.05) is 22.0 Å². The van der Waals surface area contributed by atoms with Crippen LogP contribution < -0.4 is 15.5 Å². The van der Waals surface area contributed by atoms with Gasteiger partial charge in [-0.15, -0.1) is 0 Å². The summed E-state index contributed by atoms with van der Waals surface area (Å²) in [4.78, 5) is 37.8. The molecule has 8 heteroatoms. The minimum atomic E-state index is -0.401. The van der Waals surface area contributed by atoms with E-state index in [2.05, 4.69) is 26.6 Å². The van der Waals surface area contributed by atoms with Crippen LogP contribution in [0.4, 0.5) is 5.69 Å². The Labute approximate surface area is 158 Å². The number of rotatable bonds is 6. The zero-order valence-corrected chi connectivity index (χ0v) is 15.5. The van der Waals surface area contributed by atoms with Crippen molar-refractivity contribution < 1.29 is 18.8 Å². The highest BCUT2D eigenvalue weighted by Gasteiger charge is 2.34. The number of nitrogens with one attached hydrogen (secondary N) is 2. The predicted octanol–water partition coefficient (Wildman–Crippen LogP) is 1.94. The fourth-order valence-electron chi connectivity index (χ4n) is 2.78. The average Bonchev–Trinajstić information content (AvgIpc) is 3.28. The maximum atomic E-state index is 12.3. The van der Waals surface area contributed by atoms with Crippen LogP contribution in [0.1, 0.15) is 17.0 Å². The standard InChI is InChI=1S/C18H18BrN3O4/c19-13-3-1-4-14(10-13)22-11-12(9-16(22)23)17(24)20-6-7-21-18(25)15-5-2-8-26-15/h1-5,8,10,12H,6-7,9,11H2,(H,20,24)(H,21,25)/t12-/m1/s1. The van der Waals surface area contributed by atoms with Crippen LogP contribution in [0.15, 0.2) is 51.6 Å². The van der Waals surface area contributed by atoms with Gasteiger partial charge in [0.15, 0.2) is 5.76 Å². The first kappa shape index (κ1) is 18.2. The minimum absolute atomic E-state index is 0.0747. The molecule has 0 bridgehead atoms. The number of nitrogens with zero attached hydrogens (tertiary/aromatic N) is 1. The smallest absolute Gasteiger partial charge is 0.287 e. The summed E-state index contributed by atoms with van der Waals surface area (Å²) in [6.07, 6.45) is 1.60. The molecule has 7 nitrogen and oxygen atoms in total. The molecule has 0 saturated carbocycles. The number of anilines is 1. The Morgan fingerprint density at radius 1 is 1.19 bits per heavy atom. The van der Waals surface area contributed by atoms with Crippen molar-refractivity contribution in [3.05, 3.63) is 52.9 Å². The van der Waals surface area contributed by atoms with Crippen molar-refractivity contribution in [2.24, 2.45) is 5.92 Å². The van der Waals surface area contributed by atoms with E-state index >= 15 is 0 Å². The van der Waals surface area contributed by atoms with Crippen LogP contribution in [0.5, 0.6) is 0 Å². The molecule has 0 radical (unpaired) electrons. The van der Waals surface area contributed by atoms with E-state index in [0.717, 1.165) is 10.2 Å². The van der Waals surface area contributed by atoms with Gasteiger partial charge < -0.3 is 20.0 Å².